The van der Waals surface area contributed by atoms with Crippen LogP contribution in [0.15, 0.2) is 0 Å². The first-order valence-corrected chi connectivity index (χ1v) is 3.40. The van der Waals surface area contributed by atoms with Gasteiger partial charge in [0.15, 0.2) is 0 Å². The van der Waals surface area contributed by atoms with E-state index in [0.717, 1.165) is 6.42 Å². The molecule has 0 aliphatic heterocycles. The molecule has 0 aromatic heterocycles. The van der Waals surface area contributed by atoms with Crippen LogP contribution in [0.2, 0.25) is 0 Å². The van der Waals surface area contributed by atoms with Crippen molar-refractivity contribution in [3.8, 4) is 0 Å². The molecule has 0 saturated carbocycles. The molecule has 0 aromatic rings. The molecule has 0 saturated heterocycles. The van der Waals surface area contributed by atoms with Crippen molar-refractivity contribution in [1.29, 1.82) is 0 Å². The molecule has 0 spiro atoms. The smallest absolute Gasteiger partial charge is 1.00 e. The zero-order valence-electron chi connectivity index (χ0n) is 7.82. The predicted molar refractivity (Wildman–Crippen MR) is 44.7 cm³/mol. The Morgan fingerprint density at radius 3 is 2.00 bits per heavy atom. The van der Waals surface area contributed by atoms with E-state index in [9.17, 15) is 0 Å². The summed E-state index contributed by atoms with van der Waals surface area (Å²) >= 11 is 3.47. The van der Waals surface area contributed by atoms with Crippen LogP contribution in [0.4, 0.5) is 0 Å². The zero-order chi connectivity index (χ0) is 5.86. The fraction of sp³-hybridized carbons (Fsp3) is 1.00. The summed E-state index contributed by atoms with van der Waals surface area (Å²) < 4.78 is 0. The summed E-state index contributed by atoms with van der Waals surface area (Å²) in [5.74, 6) is 0. The van der Waals surface area contributed by atoms with Gasteiger partial charge in [-0.05, 0) is 20.5 Å². The summed E-state index contributed by atoms with van der Waals surface area (Å²) in [6, 6.07) is 0. The Bertz CT molecular complexity index is 56.9. The Hall–Kier alpha value is 1.21. The van der Waals surface area contributed by atoms with E-state index in [0.29, 0.717) is 4.95 Å². The predicted octanol–water partition coefficient (Wildman–Crippen LogP) is 1.52. The van der Waals surface area contributed by atoms with Gasteiger partial charge in [-0.3, -0.25) is 4.90 Å². The van der Waals surface area contributed by atoms with Gasteiger partial charge in [-0.1, -0.05) is 22.9 Å². The third-order valence-corrected chi connectivity index (χ3v) is 2.36. The molecule has 0 fully saturated rings. The molecule has 48 valence electrons. The Morgan fingerprint density at radius 2 is 2.00 bits per heavy atom. The molecule has 0 aliphatic carbocycles. The average Bonchev–Trinajstić information content (AvgIpc) is 1.65. The first kappa shape index (κ1) is 11.9. The van der Waals surface area contributed by atoms with E-state index < -0.39 is 0 Å². The SMILES string of the molecule is CCC(Br)N(C)C.[H-].[H-].[Mg+2]. The number of nitrogens with zero attached hydrogens (tertiary/aromatic N) is 1. The summed E-state index contributed by atoms with van der Waals surface area (Å²) in [6.45, 7) is 2.15. The molecule has 1 nitrogen and oxygen atoms in total. The minimum Gasteiger partial charge on any atom is -1.00 e. The molecule has 0 radical (unpaired) electrons. The van der Waals surface area contributed by atoms with Crippen LogP contribution in [0.1, 0.15) is 16.2 Å². The molecule has 0 aromatic carbocycles. The Labute approximate surface area is 79.1 Å². The monoisotopic (exact) mass is 191 g/mol. The van der Waals surface area contributed by atoms with Crippen LogP contribution in [0.25, 0.3) is 0 Å². The first-order valence-electron chi connectivity index (χ1n) is 2.49. The Balaban J connectivity index is -0.0000000600. The fourth-order valence-electron chi connectivity index (χ4n) is 0.365. The maximum Gasteiger partial charge on any atom is 2.00 e. The maximum atomic E-state index is 3.47. The second kappa shape index (κ2) is 6.33. The van der Waals surface area contributed by atoms with Crippen LogP contribution in [-0.2, 0) is 0 Å². The van der Waals surface area contributed by atoms with Gasteiger partial charge in [-0.25, -0.2) is 0 Å². The van der Waals surface area contributed by atoms with Crippen molar-refractivity contribution < 1.29 is 2.85 Å². The molecule has 0 aliphatic rings. The number of alkyl halides is 1. The van der Waals surface area contributed by atoms with E-state index in [1.54, 1.807) is 0 Å². The molecule has 8 heavy (non-hydrogen) atoms. The molecule has 1 atom stereocenters. The van der Waals surface area contributed by atoms with Gasteiger partial charge in [0.25, 0.3) is 0 Å². The van der Waals surface area contributed by atoms with Gasteiger partial charge in [0.05, 0.1) is 4.95 Å². The maximum absolute atomic E-state index is 3.47. The van der Waals surface area contributed by atoms with Crippen LogP contribution in [0.3, 0.4) is 0 Å². The second-order valence-electron chi connectivity index (χ2n) is 1.81. The quantitative estimate of drug-likeness (QED) is 0.364. The van der Waals surface area contributed by atoms with E-state index in [1.807, 2.05) is 0 Å². The summed E-state index contributed by atoms with van der Waals surface area (Å²) in [5, 5.41) is 0. The topological polar surface area (TPSA) is 3.24 Å². The van der Waals surface area contributed by atoms with E-state index in [1.165, 1.54) is 0 Å². The Kier molecular flexibility index (Phi) is 9.44. The van der Waals surface area contributed by atoms with E-state index >= 15 is 0 Å². The molecule has 0 rings (SSSR count). The molecular weight excluding hydrogens is 178 g/mol. The summed E-state index contributed by atoms with van der Waals surface area (Å²) in [6.07, 6.45) is 1.16. The third kappa shape index (κ3) is 5.35. The molecule has 0 bridgehead atoms. The van der Waals surface area contributed by atoms with Crippen molar-refractivity contribution in [2.75, 3.05) is 14.1 Å². The van der Waals surface area contributed by atoms with Crippen LogP contribution >= 0.6 is 15.9 Å². The third-order valence-electron chi connectivity index (χ3n) is 0.897. The zero-order valence-corrected chi connectivity index (χ0v) is 8.82. The van der Waals surface area contributed by atoms with Crippen LogP contribution in [0.5, 0.6) is 0 Å². The first-order chi connectivity index (χ1) is 3.18. The number of rotatable bonds is 2. The normalized spacial score (nSPS) is 13.1. The van der Waals surface area contributed by atoms with Gasteiger partial charge in [0.2, 0.25) is 0 Å². The molecule has 0 amide bonds. The van der Waals surface area contributed by atoms with Crippen molar-refractivity contribution in [2.45, 2.75) is 18.3 Å². The van der Waals surface area contributed by atoms with Crippen molar-refractivity contribution in [1.82, 2.24) is 4.90 Å². The van der Waals surface area contributed by atoms with Crippen molar-refractivity contribution in [3.63, 3.8) is 0 Å². The molecular formula is C5H14BrMgN. The minimum absolute atomic E-state index is 0. The fourth-order valence-corrected chi connectivity index (χ4v) is 0.365. The van der Waals surface area contributed by atoms with Crippen LogP contribution in [-0.4, -0.2) is 47.0 Å². The van der Waals surface area contributed by atoms with Crippen molar-refractivity contribution in [3.05, 3.63) is 0 Å². The number of hydrogen-bond acceptors (Lipinski definition) is 1. The van der Waals surface area contributed by atoms with Gasteiger partial charge in [-0.2, -0.15) is 0 Å². The van der Waals surface area contributed by atoms with E-state index in [2.05, 4.69) is 41.8 Å². The summed E-state index contributed by atoms with van der Waals surface area (Å²) in [7, 11) is 4.12. The van der Waals surface area contributed by atoms with Crippen LogP contribution < -0.4 is 0 Å². The summed E-state index contributed by atoms with van der Waals surface area (Å²) in [4.78, 5) is 2.69. The average molecular weight is 192 g/mol. The molecule has 0 N–H and O–H groups in total. The Morgan fingerprint density at radius 1 is 1.62 bits per heavy atom. The van der Waals surface area contributed by atoms with E-state index in [-0.39, 0.29) is 25.9 Å². The van der Waals surface area contributed by atoms with Gasteiger partial charge in [0, 0.05) is 0 Å². The van der Waals surface area contributed by atoms with Gasteiger partial charge in [-0.15, -0.1) is 0 Å². The molecule has 0 heterocycles. The van der Waals surface area contributed by atoms with Gasteiger partial charge < -0.3 is 2.85 Å². The van der Waals surface area contributed by atoms with Gasteiger partial charge >= 0.3 is 23.1 Å². The molecule has 1 unspecified atom stereocenters. The van der Waals surface area contributed by atoms with Crippen molar-refractivity contribution >= 4 is 39.0 Å². The second-order valence-corrected chi connectivity index (χ2v) is 2.86. The standard InChI is InChI=1S/C5H12BrN.Mg.2H/c1-4-5(6)7(2)3;;;/h5H,4H2,1-3H3;;;/q;+2;2*-1. The largest absolute Gasteiger partial charge is 2.00 e. The van der Waals surface area contributed by atoms with Crippen molar-refractivity contribution in [2.24, 2.45) is 0 Å². The summed E-state index contributed by atoms with van der Waals surface area (Å²) in [5.41, 5.74) is 0. The van der Waals surface area contributed by atoms with E-state index in [4.69, 9.17) is 0 Å². The van der Waals surface area contributed by atoms with Gasteiger partial charge in [0.1, 0.15) is 0 Å². The molecule has 3 heteroatoms. The number of halogens is 1. The number of hydrogen-bond donors (Lipinski definition) is 0. The minimum atomic E-state index is 0. The van der Waals surface area contributed by atoms with Crippen LogP contribution in [0, 0.1) is 0 Å².